The van der Waals surface area contributed by atoms with E-state index >= 15 is 0 Å². The van der Waals surface area contributed by atoms with Crippen LogP contribution in [0.25, 0.3) is 22.3 Å². The van der Waals surface area contributed by atoms with Gasteiger partial charge in [0.1, 0.15) is 12.4 Å². The van der Waals surface area contributed by atoms with E-state index in [1.807, 2.05) is 31.3 Å². The van der Waals surface area contributed by atoms with Crippen molar-refractivity contribution in [1.29, 1.82) is 0 Å². The van der Waals surface area contributed by atoms with E-state index in [0.29, 0.717) is 18.4 Å². The minimum atomic E-state index is -0.178. The third-order valence-electron chi connectivity index (χ3n) is 14.1. The molecule has 6 atom stereocenters. The van der Waals surface area contributed by atoms with Gasteiger partial charge >= 0.3 is 0 Å². The molecule has 0 N–H and O–H groups in total. The lowest BCUT2D eigenvalue weighted by atomic mass is 9.83. The number of aliphatic imine (C=N–C) groups is 2. The summed E-state index contributed by atoms with van der Waals surface area (Å²) in [5.74, 6) is 2.06. The first-order valence-corrected chi connectivity index (χ1v) is 21.3. The second kappa shape index (κ2) is 14.6. The van der Waals surface area contributed by atoms with E-state index in [9.17, 15) is 9.59 Å². The van der Waals surface area contributed by atoms with Gasteiger partial charge in [0.2, 0.25) is 11.8 Å². The highest BCUT2D eigenvalue weighted by molar-refractivity contribution is 6.06. The first-order valence-electron chi connectivity index (χ1n) is 21.3. The molecule has 2 saturated heterocycles. The largest absolute Gasteiger partial charge is 0.488 e. The zero-order valence-electron chi connectivity index (χ0n) is 34.0. The van der Waals surface area contributed by atoms with Crippen LogP contribution in [0.15, 0.2) is 82.5 Å². The number of fused-ring (bicyclic) bond motifs is 5. The second-order valence-corrected chi connectivity index (χ2v) is 17.7. The van der Waals surface area contributed by atoms with E-state index in [4.69, 9.17) is 14.7 Å². The summed E-state index contributed by atoms with van der Waals surface area (Å²) >= 11 is 0. The van der Waals surface area contributed by atoms with Crippen LogP contribution in [0.5, 0.6) is 5.75 Å². The van der Waals surface area contributed by atoms with Crippen LogP contribution in [0, 0.1) is 17.8 Å². The van der Waals surface area contributed by atoms with Crippen LogP contribution in [-0.2, 0) is 22.6 Å². The second-order valence-electron chi connectivity index (χ2n) is 17.7. The van der Waals surface area contributed by atoms with Gasteiger partial charge in [0, 0.05) is 60.2 Å². The van der Waals surface area contributed by atoms with Crippen molar-refractivity contribution in [2.45, 2.75) is 124 Å². The van der Waals surface area contributed by atoms with E-state index < -0.39 is 0 Å². The fraction of sp³-hybridized carbons (Fsp3) is 0.469. The maximum Gasteiger partial charge on any atom is 0.230 e. The van der Waals surface area contributed by atoms with Gasteiger partial charge in [-0.15, -0.1) is 0 Å². The zero-order chi connectivity index (χ0) is 38.8. The number of aryl methyl sites for hydroxylation is 1. The molecule has 3 aromatic rings. The van der Waals surface area contributed by atoms with Crippen molar-refractivity contribution in [3.05, 3.63) is 100 Å². The molecule has 0 bridgehead atoms. The molecular weight excluding hydrogens is 693 g/mol. The number of nitrogens with zero attached hydrogens (tertiary/aromatic N) is 4. The van der Waals surface area contributed by atoms with Crippen LogP contribution in [0.2, 0.25) is 0 Å². The van der Waals surface area contributed by atoms with Crippen molar-refractivity contribution >= 4 is 34.4 Å². The van der Waals surface area contributed by atoms with Crippen molar-refractivity contribution in [3.63, 3.8) is 0 Å². The molecule has 1 aliphatic carbocycles. The molecule has 5 aliphatic heterocycles. The maximum absolute atomic E-state index is 13.9. The van der Waals surface area contributed by atoms with Crippen molar-refractivity contribution < 1.29 is 14.3 Å². The highest BCUT2D eigenvalue weighted by Crippen LogP contribution is 2.47. The van der Waals surface area contributed by atoms with Gasteiger partial charge in [0.15, 0.2) is 0 Å². The number of likely N-dealkylation sites (tertiary alicyclic amines) is 2. The van der Waals surface area contributed by atoms with E-state index in [1.54, 1.807) is 0 Å². The van der Waals surface area contributed by atoms with Gasteiger partial charge in [-0.25, -0.2) is 0 Å². The standard InChI is InChI=1S/C49H56N4O3/c1-7-32-19-46(52(26-32)48(54)31(6)33-11-9-8-10-12-33)43-22-36(25-50-43)34-14-16-38-37(20-34)27-56-47-24-39-35(21-41(38)47)15-17-42-40(39)23-44(51-42)45-18-13-29(4)53(45)49(55)30(5)28(2)3/h8-12,14,16,20-21,24-25,28-32,45-46H,7,13,15,17-19,22-23,26-27H2,1-6H3/t29-,30-,31+,32-,45-,46-/m0/s1. The lowest BCUT2D eigenvalue weighted by molar-refractivity contribution is -0.138. The topological polar surface area (TPSA) is 74.6 Å². The van der Waals surface area contributed by atoms with E-state index in [-0.39, 0.29) is 41.8 Å². The minimum Gasteiger partial charge on any atom is -0.488 e. The lowest BCUT2D eigenvalue weighted by Gasteiger charge is -2.32. The van der Waals surface area contributed by atoms with Gasteiger partial charge in [-0.1, -0.05) is 76.6 Å². The first-order chi connectivity index (χ1) is 27.1. The number of amides is 2. The Balaban J connectivity index is 0.903. The highest BCUT2D eigenvalue weighted by atomic mass is 16.5. The summed E-state index contributed by atoms with van der Waals surface area (Å²) in [5, 5.41) is 0. The van der Waals surface area contributed by atoms with E-state index in [0.717, 1.165) is 74.9 Å². The molecule has 2 fully saturated rings. The third kappa shape index (κ3) is 6.35. The van der Waals surface area contributed by atoms with Gasteiger partial charge in [-0.3, -0.25) is 19.6 Å². The highest BCUT2D eigenvalue weighted by Gasteiger charge is 2.42. The Morgan fingerprint density at radius 3 is 2.46 bits per heavy atom. The van der Waals surface area contributed by atoms with Gasteiger partial charge < -0.3 is 14.5 Å². The van der Waals surface area contributed by atoms with Crippen molar-refractivity contribution in [1.82, 2.24) is 9.80 Å². The number of benzene rings is 3. The molecule has 5 heterocycles. The fourth-order valence-electron chi connectivity index (χ4n) is 10.2. The molecule has 56 heavy (non-hydrogen) atoms. The molecular formula is C49H56N4O3. The van der Waals surface area contributed by atoms with Crippen LogP contribution in [0.3, 0.4) is 0 Å². The maximum atomic E-state index is 13.9. The Morgan fingerprint density at radius 2 is 1.68 bits per heavy atom. The van der Waals surface area contributed by atoms with Gasteiger partial charge in [0.05, 0.1) is 18.0 Å². The molecule has 0 radical (unpaired) electrons. The number of allylic oxidation sites excluding steroid dienone is 3. The average Bonchev–Trinajstić information content (AvgIpc) is 4.04. The SMILES string of the molecule is CC[C@H]1C[C@@H](C2=NC=C(c3ccc4c(c3)COc3cc5c(cc3-4)CCC3=C5CC([C@@H]4CC[C@H](C)N4C(=O)[C@@H](C)C(C)C)=N3)C2)N(C(=O)[C@H](C)c2ccccc2)C1. The molecule has 0 unspecified atom stereocenters. The van der Waals surface area contributed by atoms with Crippen LogP contribution >= 0.6 is 0 Å². The van der Waals surface area contributed by atoms with Gasteiger partial charge in [0.25, 0.3) is 0 Å². The molecule has 2 amide bonds. The van der Waals surface area contributed by atoms with E-state index in [2.05, 4.69) is 86.9 Å². The lowest BCUT2D eigenvalue weighted by Crippen LogP contribution is -2.47. The summed E-state index contributed by atoms with van der Waals surface area (Å²) in [6.07, 6.45) is 9.56. The van der Waals surface area contributed by atoms with Crippen LogP contribution in [-0.4, -0.2) is 57.7 Å². The Kier molecular flexibility index (Phi) is 9.62. The third-order valence-corrected chi connectivity index (χ3v) is 14.1. The Bertz CT molecular complexity index is 2210. The Hall–Kier alpha value is -4.78. The number of carbonyl (C=O) groups excluding carboxylic acids is 2. The summed E-state index contributed by atoms with van der Waals surface area (Å²) < 4.78 is 6.54. The minimum absolute atomic E-state index is 0.00885. The molecule has 0 spiro atoms. The summed E-state index contributed by atoms with van der Waals surface area (Å²) in [6.45, 7) is 14.2. The van der Waals surface area contributed by atoms with E-state index in [1.165, 1.54) is 55.9 Å². The number of carbonyl (C=O) groups is 2. The predicted molar refractivity (Wildman–Crippen MR) is 226 cm³/mol. The fourth-order valence-corrected chi connectivity index (χ4v) is 10.2. The molecule has 290 valence electrons. The van der Waals surface area contributed by atoms with Crippen molar-refractivity contribution in [2.75, 3.05) is 6.54 Å². The van der Waals surface area contributed by atoms with Crippen LogP contribution in [0.1, 0.15) is 120 Å². The predicted octanol–water partition coefficient (Wildman–Crippen LogP) is 10.0. The average molecular weight is 749 g/mol. The number of rotatable bonds is 8. The van der Waals surface area contributed by atoms with Gasteiger partial charge in [-0.05, 0) is 121 Å². The number of hydrogen-bond donors (Lipinski definition) is 0. The first kappa shape index (κ1) is 36.8. The molecule has 0 aromatic heterocycles. The quantitative estimate of drug-likeness (QED) is 0.230. The molecule has 6 aliphatic rings. The molecule has 7 nitrogen and oxygen atoms in total. The zero-order valence-corrected chi connectivity index (χ0v) is 34.0. The normalized spacial score (nSPS) is 24.9. The molecule has 0 saturated carbocycles. The summed E-state index contributed by atoms with van der Waals surface area (Å²) in [6, 6.07) is 22.0. The number of hydrogen-bond acceptors (Lipinski definition) is 5. The summed E-state index contributed by atoms with van der Waals surface area (Å²) in [5.41, 5.74) is 14.5. The molecule has 3 aromatic carbocycles. The van der Waals surface area contributed by atoms with Gasteiger partial charge in [-0.2, -0.15) is 0 Å². The van der Waals surface area contributed by atoms with Crippen LogP contribution in [0.4, 0.5) is 0 Å². The monoisotopic (exact) mass is 748 g/mol. The molecule has 7 heteroatoms. The Morgan fingerprint density at radius 1 is 0.857 bits per heavy atom. The van der Waals surface area contributed by atoms with Crippen molar-refractivity contribution in [2.24, 2.45) is 27.7 Å². The Labute approximate surface area is 332 Å². The molecule has 9 rings (SSSR count). The van der Waals surface area contributed by atoms with Crippen LogP contribution < -0.4 is 4.74 Å². The number of ether oxygens (including phenoxy) is 1. The summed E-state index contributed by atoms with van der Waals surface area (Å²) in [7, 11) is 0. The summed E-state index contributed by atoms with van der Waals surface area (Å²) in [4.78, 5) is 42.1. The van der Waals surface area contributed by atoms with Crippen molar-refractivity contribution in [3.8, 4) is 16.9 Å². The smallest absolute Gasteiger partial charge is 0.230 e.